The highest BCUT2D eigenvalue weighted by molar-refractivity contribution is 6.17. The van der Waals surface area contributed by atoms with Gasteiger partial charge in [-0.15, -0.1) is 11.6 Å². The minimum Gasteiger partial charge on any atom is -0.306 e. The SMILES string of the molecule is CN(CCCCl)CCc1ccccc1F. The summed E-state index contributed by atoms with van der Waals surface area (Å²) in [5, 5.41) is 0. The van der Waals surface area contributed by atoms with Crippen LogP contribution in [0, 0.1) is 5.82 Å². The van der Waals surface area contributed by atoms with Gasteiger partial charge in [0, 0.05) is 12.4 Å². The number of halogens is 2. The van der Waals surface area contributed by atoms with Gasteiger partial charge < -0.3 is 4.90 Å². The van der Waals surface area contributed by atoms with Gasteiger partial charge in [-0.2, -0.15) is 0 Å². The van der Waals surface area contributed by atoms with Gasteiger partial charge in [0.05, 0.1) is 0 Å². The van der Waals surface area contributed by atoms with Gasteiger partial charge >= 0.3 is 0 Å². The van der Waals surface area contributed by atoms with Crippen LogP contribution in [0.5, 0.6) is 0 Å². The maximum absolute atomic E-state index is 13.3. The smallest absolute Gasteiger partial charge is 0.126 e. The van der Waals surface area contributed by atoms with Crippen molar-refractivity contribution in [2.75, 3.05) is 26.0 Å². The van der Waals surface area contributed by atoms with Crippen molar-refractivity contribution in [3.8, 4) is 0 Å². The average Bonchev–Trinajstić information content (AvgIpc) is 2.25. The monoisotopic (exact) mass is 229 g/mol. The van der Waals surface area contributed by atoms with Crippen LogP contribution in [-0.4, -0.2) is 30.9 Å². The molecule has 0 N–H and O–H groups in total. The third kappa shape index (κ3) is 4.63. The first-order valence-electron chi connectivity index (χ1n) is 5.22. The maximum Gasteiger partial charge on any atom is 0.126 e. The van der Waals surface area contributed by atoms with Crippen molar-refractivity contribution >= 4 is 11.6 Å². The first kappa shape index (κ1) is 12.5. The van der Waals surface area contributed by atoms with E-state index in [1.165, 1.54) is 6.07 Å². The summed E-state index contributed by atoms with van der Waals surface area (Å²) < 4.78 is 13.3. The van der Waals surface area contributed by atoms with Crippen LogP contribution in [0.2, 0.25) is 0 Å². The molecule has 0 aliphatic carbocycles. The van der Waals surface area contributed by atoms with Gasteiger partial charge in [0.2, 0.25) is 0 Å². The van der Waals surface area contributed by atoms with Crippen molar-refractivity contribution in [1.29, 1.82) is 0 Å². The van der Waals surface area contributed by atoms with E-state index < -0.39 is 0 Å². The Morgan fingerprint density at radius 2 is 2.00 bits per heavy atom. The Hall–Kier alpha value is -0.600. The van der Waals surface area contributed by atoms with E-state index in [0.717, 1.165) is 31.5 Å². The van der Waals surface area contributed by atoms with Gasteiger partial charge in [-0.1, -0.05) is 18.2 Å². The lowest BCUT2D eigenvalue weighted by atomic mass is 10.1. The molecule has 0 spiro atoms. The molecule has 0 amide bonds. The summed E-state index contributed by atoms with van der Waals surface area (Å²) in [4.78, 5) is 2.18. The van der Waals surface area contributed by atoms with Crippen molar-refractivity contribution in [2.24, 2.45) is 0 Å². The quantitative estimate of drug-likeness (QED) is 0.678. The molecule has 0 bridgehead atoms. The summed E-state index contributed by atoms with van der Waals surface area (Å²) in [5.41, 5.74) is 0.787. The molecule has 0 saturated carbocycles. The first-order valence-corrected chi connectivity index (χ1v) is 5.75. The van der Waals surface area contributed by atoms with E-state index in [0.29, 0.717) is 5.88 Å². The normalized spacial score (nSPS) is 10.9. The number of hydrogen-bond donors (Lipinski definition) is 0. The molecule has 1 aromatic carbocycles. The van der Waals surface area contributed by atoms with Crippen molar-refractivity contribution < 1.29 is 4.39 Å². The standard InChI is InChI=1S/C12H17ClFN/c1-15(9-4-8-13)10-7-11-5-2-3-6-12(11)14/h2-3,5-6H,4,7-10H2,1H3. The third-order valence-electron chi connectivity index (χ3n) is 2.39. The Kier molecular flexibility index (Phi) is 5.66. The van der Waals surface area contributed by atoms with Gasteiger partial charge in [0.15, 0.2) is 0 Å². The molecule has 3 heteroatoms. The average molecular weight is 230 g/mol. The zero-order valence-electron chi connectivity index (χ0n) is 9.05. The fraction of sp³-hybridized carbons (Fsp3) is 0.500. The highest BCUT2D eigenvalue weighted by Gasteiger charge is 2.02. The lowest BCUT2D eigenvalue weighted by molar-refractivity contribution is 0.338. The van der Waals surface area contributed by atoms with E-state index in [4.69, 9.17) is 11.6 Å². The molecule has 0 unspecified atom stereocenters. The van der Waals surface area contributed by atoms with Crippen molar-refractivity contribution in [1.82, 2.24) is 4.90 Å². The lowest BCUT2D eigenvalue weighted by Gasteiger charge is -2.15. The fourth-order valence-corrected chi connectivity index (χ4v) is 1.57. The second-order valence-corrected chi connectivity index (χ2v) is 4.07. The number of benzene rings is 1. The van der Waals surface area contributed by atoms with E-state index in [1.807, 2.05) is 19.2 Å². The Balaban J connectivity index is 2.33. The van der Waals surface area contributed by atoms with Gasteiger partial charge in [-0.3, -0.25) is 0 Å². The van der Waals surface area contributed by atoms with Gasteiger partial charge in [0.25, 0.3) is 0 Å². The van der Waals surface area contributed by atoms with Crippen molar-refractivity contribution in [3.63, 3.8) is 0 Å². The van der Waals surface area contributed by atoms with Crippen LogP contribution in [0.3, 0.4) is 0 Å². The minimum absolute atomic E-state index is 0.108. The van der Waals surface area contributed by atoms with Crippen LogP contribution in [0.25, 0.3) is 0 Å². The summed E-state index contributed by atoms with van der Waals surface area (Å²) in [6, 6.07) is 6.94. The second-order valence-electron chi connectivity index (χ2n) is 3.69. The Labute approximate surface area is 95.8 Å². The molecular formula is C12H17ClFN. The van der Waals surface area contributed by atoms with E-state index in [-0.39, 0.29) is 5.82 Å². The summed E-state index contributed by atoms with van der Waals surface area (Å²) in [6.45, 7) is 1.84. The zero-order chi connectivity index (χ0) is 11.1. The molecule has 0 aliphatic rings. The number of rotatable bonds is 6. The second kappa shape index (κ2) is 6.81. The Morgan fingerprint density at radius 1 is 1.27 bits per heavy atom. The maximum atomic E-state index is 13.3. The Bertz CT molecular complexity index is 291. The van der Waals surface area contributed by atoms with E-state index in [2.05, 4.69) is 4.90 Å². The molecular weight excluding hydrogens is 213 g/mol. The van der Waals surface area contributed by atoms with Gasteiger partial charge in [-0.05, 0) is 38.1 Å². The molecule has 1 aromatic rings. The summed E-state index contributed by atoms with van der Waals surface area (Å²) in [5.74, 6) is 0.576. The first-order chi connectivity index (χ1) is 7.24. The molecule has 0 radical (unpaired) electrons. The molecule has 1 nitrogen and oxygen atoms in total. The van der Waals surface area contributed by atoms with Crippen molar-refractivity contribution in [3.05, 3.63) is 35.6 Å². The van der Waals surface area contributed by atoms with Crippen LogP contribution in [0.15, 0.2) is 24.3 Å². The molecule has 0 aromatic heterocycles. The summed E-state index contributed by atoms with van der Waals surface area (Å²) in [6.07, 6.45) is 1.74. The lowest BCUT2D eigenvalue weighted by Crippen LogP contribution is -2.22. The predicted octanol–water partition coefficient (Wildman–Crippen LogP) is 2.93. The molecule has 0 heterocycles. The van der Waals surface area contributed by atoms with Crippen LogP contribution in [-0.2, 0) is 6.42 Å². The molecule has 1 rings (SSSR count). The number of likely N-dealkylation sites (N-methyl/N-ethyl adjacent to an activating group) is 1. The van der Waals surface area contributed by atoms with E-state index in [9.17, 15) is 4.39 Å². The van der Waals surface area contributed by atoms with Gasteiger partial charge in [0.1, 0.15) is 5.82 Å². The zero-order valence-corrected chi connectivity index (χ0v) is 9.80. The van der Waals surface area contributed by atoms with Crippen LogP contribution in [0.1, 0.15) is 12.0 Å². The van der Waals surface area contributed by atoms with E-state index >= 15 is 0 Å². The van der Waals surface area contributed by atoms with Crippen molar-refractivity contribution in [2.45, 2.75) is 12.8 Å². The van der Waals surface area contributed by atoms with Crippen LogP contribution in [0.4, 0.5) is 4.39 Å². The van der Waals surface area contributed by atoms with E-state index in [1.54, 1.807) is 6.07 Å². The highest BCUT2D eigenvalue weighted by atomic mass is 35.5. The molecule has 0 saturated heterocycles. The molecule has 84 valence electrons. The van der Waals surface area contributed by atoms with Crippen LogP contribution >= 0.6 is 11.6 Å². The van der Waals surface area contributed by atoms with Gasteiger partial charge in [-0.25, -0.2) is 4.39 Å². The predicted molar refractivity (Wildman–Crippen MR) is 62.9 cm³/mol. The third-order valence-corrected chi connectivity index (χ3v) is 2.66. The van der Waals surface area contributed by atoms with Crippen LogP contribution < -0.4 is 0 Å². The number of nitrogens with zero attached hydrogens (tertiary/aromatic N) is 1. The number of hydrogen-bond acceptors (Lipinski definition) is 1. The Morgan fingerprint density at radius 3 is 2.67 bits per heavy atom. The molecule has 0 fully saturated rings. The largest absolute Gasteiger partial charge is 0.306 e. The minimum atomic E-state index is -0.108. The molecule has 15 heavy (non-hydrogen) atoms. The highest BCUT2D eigenvalue weighted by Crippen LogP contribution is 2.07. The molecule has 0 atom stereocenters. The number of alkyl halides is 1. The topological polar surface area (TPSA) is 3.24 Å². The molecule has 0 aliphatic heterocycles. The summed E-state index contributed by atoms with van der Waals surface area (Å²) in [7, 11) is 2.04. The summed E-state index contributed by atoms with van der Waals surface area (Å²) >= 11 is 5.60. The fourth-order valence-electron chi connectivity index (χ4n) is 1.45.